The van der Waals surface area contributed by atoms with Gasteiger partial charge in [0.2, 0.25) is 0 Å². The van der Waals surface area contributed by atoms with E-state index in [1.807, 2.05) is 60.7 Å². The number of carbonyl (C=O) groups is 1. The summed E-state index contributed by atoms with van der Waals surface area (Å²) in [5, 5.41) is 0. The summed E-state index contributed by atoms with van der Waals surface area (Å²) in [6.45, 7) is 0. The van der Waals surface area contributed by atoms with Crippen LogP contribution in [0.1, 0.15) is 36.5 Å². The van der Waals surface area contributed by atoms with Crippen molar-refractivity contribution in [2.24, 2.45) is 5.90 Å². The lowest BCUT2D eigenvalue weighted by molar-refractivity contribution is -0.190. The third-order valence-electron chi connectivity index (χ3n) is 4.19. The molecule has 1 aliphatic rings. The topological polar surface area (TPSA) is 61.5 Å². The molecule has 0 aliphatic heterocycles. The van der Waals surface area contributed by atoms with E-state index in [1.54, 1.807) is 0 Å². The molecule has 4 heteroatoms. The van der Waals surface area contributed by atoms with Crippen LogP contribution in [0.15, 0.2) is 60.7 Å². The smallest absolute Gasteiger partial charge is 0.341 e. The molecule has 3 rings (SSSR count). The lowest BCUT2D eigenvalue weighted by Crippen LogP contribution is -2.50. The lowest BCUT2D eigenvalue weighted by Gasteiger charge is -2.37. The fourth-order valence-corrected chi connectivity index (χ4v) is 2.67. The SMILES string of the molecule is NOC1(C(=O)OC(c2ccccc2)c2ccccc2)CCC1. The second-order valence-electron chi connectivity index (χ2n) is 5.57. The van der Waals surface area contributed by atoms with E-state index in [9.17, 15) is 4.79 Å². The van der Waals surface area contributed by atoms with Crippen LogP contribution in [0.5, 0.6) is 0 Å². The predicted octanol–water partition coefficient (Wildman–Crippen LogP) is 3.13. The monoisotopic (exact) mass is 297 g/mol. The average molecular weight is 297 g/mol. The van der Waals surface area contributed by atoms with Crippen molar-refractivity contribution >= 4 is 5.97 Å². The highest BCUT2D eigenvalue weighted by Gasteiger charge is 2.48. The minimum atomic E-state index is -0.970. The van der Waals surface area contributed by atoms with E-state index in [1.165, 1.54) is 0 Å². The Hall–Kier alpha value is -2.17. The molecule has 2 aromatic carbocycles. The first kappa shape index (κ1) is 14.8. The highest BCUT2D eigenvalue weighted by atomic mass is 16.7. The van der Waals surface area contributed by atoms with Gasteiger partial charge in [-0.15, -0.1) is 0 Å². The third-order valence-corrected chi connectivity index (χ3v) is 4.19. The highest BCUT2D eigenvalue weighted by Crippen LogP contribution is 2.38. The first-order chi connectivity index (χ1) is 10.7. The van der Waals surface area contributed by atoms with Gasteiger partial charge in [0.05, 0.1) is 0 Å². The summed E-state index contributed by atoms with van der Waals surface area (Å²) in [6, 6.07) is 19.4. The maximum Gasteiger partial charge on any atom is 0.341 e. The van der Waals surface area contributed by atoms with E-state index in [2.05, 4.69) is 0 Å². The molecule has 2 N–H and O–H groups in total. The second-order valence-corrected chi connectivity index (χ2v) is 5.57. The van der Waals surface area contributed by atoms with Crippen molar-refractivity contribution in [3.8, 4) is 0 Å². The standard InChI is InChI=1S/C18H19NO3/c19-22-18(12-7-13-18)17(20)21-16(14-8-3-1-4-9-14)15-10-5-2-6-11-15/h1-6,8-11,16H,7,12-13,19H2. The van der Waals surface area contributed by atoms with Gasteiger partial charge >= 0.3 is 5.97 Å². The largest absolute Gasteiger partial charge is 0.450 e. The van der Waals surface area contributed by atoms with Gasteiger partial charge in [0.15, 0.2) is 11.7 Å². The molecule has 0 heterocycles. The van der Waals surface area contributed by atoms with Crippen molar-refractivity contribution in [3.05, 3.63) is 71.8 Å². The van der Waals surface area contributed by atoms with Crippen molar-refractivity contribution in [2.75, 3.05) is 0 Å². The zero-order valence-electron chi connectivity index (χ0n) is 12.3. The second kappa shape index (κ2) is 6.30. The number of rotatable bonds is 5. The Kier molecular flexibility index (Phi) is 4.22. The Bertz CT molecular complexity index is 578. The molecule has 1 saturated carbocycles. The van der Waals surface area contributed by atoms with E-state index in [0.717, 1.165) is 17.5 Å². The minimum Gasteiger partial charge on any atom is -0.450 e. The van der Waals surface area contributed by atoms with Crippen molar-refractivity contribution in [3.63, 3.8) is 0 Å². The summed E-state index contributed by atoms with van der Waals surface area (Å²) < 4.78 is 5.78. The fourth-order valence-electron chi connectivity index (χ4n) is 2.67. The van der Waals surface area contributed by atoms with Crippen LogP contribution < -0.4 is 5.90 Å². The van der Waals surface area contributed by atoms with Crippen LogP contribution in [0.3, 0.4) is 0 Å². The number of nitrogens with two attached hydrogens (primary N) is 1. The van der Waals surface area contributed by atoms with Crippen LogP contribution in [-0.4, -0.2) is 11.6 Å². The van der Waals surface area contributed by atoms with Gasteiger partial charge in [-0.05, 0) is 30.4 Å². The van der Waals surface area contributed by atoms with E-state index in [4.69, 9.17) is 15.5 Å². The average Bonchev–Trinajstić information content (AvgIpc) is 2.54. The van der Waals surface area contributed by atoms with Crippen molar-refractivity contribution < 1.29 is 14.4 Å². The Morgan fingerprint density at radius 1 is 0.955 bits per heavy atom. The van der Waals surface area contributed by atoms with Gasteiger partial charge in [-0.2, -0.15) is 0 Å². The maximum atomic E-state index is 12.5. The molecule has 0 amide bonds. The van der Waals surface area contributed by atoms with Crippen LogP contribution in [0.2, 0.25) is 0 Å². The Balaban J connectivity index is 1.88. The number of benzene rings is 2. The summed E-state index contributed by atoms with van der Waals surface area (Å²) in [6.07, 6.45) is 1.69. The highest BCUT2D eigenvalue weighted by molar-refractivity contribution is 5.81. The zero-order chi connectivity index (χ0) is 15.4. The van der Waals surface area contributed by atoms with Gasteiger partial charge in [0.25, 0.3) is 0 Å². The van der Waals surface area contributed by atoms with E-state index in [0.29, 0.717) is 12.8 Å². The van der Waals surface area contributed by atoms with Crippen LogP contribution in [0.25, 0.3) is 0 Å². The molecule has 1 aliphatic carbocycles. The predicted molar refractivity (Wildman–Crippen MR) is 82.7 cm³/mol. The molecule has 0 unspecified atom stereocenters. The summed E-state index contributed by atoms with van der Waals surface area (Å²) in [7, 11) is 0. The zero-order valence-corrected chi connectivity index (χ0v) is 12.3. The third kappa shape index (κ3) is 2.75. The van der Waals surface area contributed by atoms with E-state index < -0.39 is 11.7 Å². The number of ether oxygens (including phenoxy) is 1. The summed E-state index contributed by atoms with van der Waals surface area (Å²) >= 11 is 0. The summed E-state index contributed by atoms with van der Waals surface area (Å²) in [4.78, 5) is 17.4. The molecule has 0 radical (unpaired) electrons. The van der Waals surface area contributed by atoms with Crippen LogP contribution in [0, 0.1) is 0 Å². The van der Waals surface area contributed by atoms with Gasteiger partial charge in [0, 0.05) is 0 Å². The molecule has 0 saturated heterocycles. The Labute approximate surface area is 129 Å². The van der Waals surface area contributed by atoms with Gasteiger partial charge in [-0.3, -0.25) is 4.84 Å². The van der Waals surface area contributed by atoms with Crippen molar-refractivity contribution in [1.82, 2.24) is 0 Å². The van der Waals surface area contributed by atoms with Crippen LogP contribution >= 0.6 is 0 Å². The quantitative estimate of drug-likeness (QED) is 0.680. The van der Waals surface area contributed by atoms with E-state index >= 15 is 0 Å². The molecular formula is C18H19NO3. The number of carbonyl (C=O) groups excluding carboxylic acids is 1. The molecule has 1 fully saturated rings. The number of hydrogen-bond donors (Lipinski definition) is 1. The van der Waals surface area contributed by atoms with Crippen molar-refractivity contribution in [1.29, 1.82) is 0 Å². The van der Waals surface area contributed by atoms with Gasteiger partial charge in [-0.25, -0.2) is 10.7 Å². The summed E-state index contributed by atoms with van der Waals surface area (Å²) in [5.41, 5.74) is 0.879. The van der Waals surface area contributed by atoms with Crippen LogP contribution in [-0.2, 0) is 14.4 Å². The van der Waals surface area contributed by atoms with Gasteiger partial charge < -0.3 is 4.74 Å². The van der Waals surface area contributed by atoms with Crippen LogP contribution in [0.4, 0.5) is 0 Å². The Morgan fingerprint density at radius 2 is 1.45 bits per heavy atom. The molecule has 0 bridgehead atoms. The number of hydrogen-bond acceptors (Lipinski definition) is 4. The number of esters is 1. The maximum absolute atomic E-state index is 12.5. The summed E-state index contributed by atoms with van der Waals surface area (Å²) in [5.74, 6) is 4.93. The van der Waals surface area contributed by atoms with Gasteiger partial charge in [-0.1, -0.05) is 60.7 Å². The minimum absolute atomic E-state index is 0.390. The first-order valence-corrected chi connectivity index (χ1v) is 7.44. The fraction of sp³-hybridized carbons (Fsp3) is 0.278. The lowest BCUT2D eigenvalue weighted by atomic mass is 9.80. The molecule has 0 atom stereocenters. The molecule has 22 heavy (non-hydrogen) atoms. The molecular weight excluding hydrogens is 278 g/mol. The van der Waals surface area contributed by atoms with E-state index in [-0.39, 0.29) is 5.97 Å². The Morgan fingerprint density at radius 3 is 1.82 bits per heavy atom. The molecule has 2 aromatic rings. The molecule has 0 aromatic heterocycles. The first-order valence-electron chi connectivity index (χ1n) is 7.44. The molecule has 0 spiro atoms. The normalized spacial score (nSPS) is 16.1. The molecule has 4 nitrogen and oxygen atoms in total. The molecule has 114 valence electrons. The van der Waals surface area contributed by atoms with Crippen molar-refractivity contribution in [2.45, 2.75) is 31.0 Å². The van der Waals surface area contributed by atoms with Gasteiger partial charge in [0.1, 0.15) is 0 Å².